The summed E-state index contributed by atoms with van der Waals surface area (Å²) in [4.78, 5) is 0. The number of rotatable bonds is 6. The van der Waals surface area contributed by atoms with E-state index in [4.69, 9.17) is 4.74 Å². The standard InChI is InChI=1S/C9H18N2OS/c1-2-3-4-5-6-7-11-9(13)12-8-10-11/h8-9,13H,2-7H2,1H3. The van der Waals surface area contributed by atoms with Crippen molar-refractivity contribution in [3.05, 3.63) is 0 Å². The van der Waals surface area contributed by atoms with E-state index in [-0.39, 0.29) is 5.56 Å². The van der Waals surface area contributed by atoms with Crippen LogP contribution < -0.4 is 0 Å². The van der Waals surface area contributed by atoms with Gasteiger partial charge in [-0.3, -0.25) is 0 Å². The summed E-state index contributed by atoms with van der Waals surface area (Å²) in [5, 5.41) is 5.91. The molecular formula is C9H18N2OS. The summed E-state index contributed by atoms with van der Waals surface area (Å²) in [5.41, 5.74) is -0.161. The van der Waals surface area contributed by atoms with E-state index in [2.05, 4.69) is 24.7 Å². The van der Waals surface area contributed by atoms with Crippen LogP contribution in [0.3, 0.4) is 0 Å². The molecule has 4 heteroatoms. The van der Waals surface area contributed by atoms with Gasteiger partial charge in [-0.2, -0.15) is 0 Å². The zero-order chi connectivity index (χ0) is 9.52. The highest BCUT2D eigenvalue weighted by molar-refractivity contribution is 7.80. The second-order valence-corrected chi connectivity index (χ2v) is 3.70. The van der Waals surface area contributed by atoms with Crippen LogP contribution >= 0.6 is 12.6 Å². The predicted octanol–water partition coefficient (Wildman–Crippen LogP) is 2.45. The van der Waals surface area contributed by atoms with Gasteiger partial charge in [0.05, 0.1) is 0 Å². The Kier molecular flexibility index (Phi) is 5.05. The van der Waals surface area contributed by atoms with Crippen LogP contribution in [0.2, 0.25) is 0 Å². The lowest BCUT2D eigenvalue weighted by atomic mass is 10.1. The van der Waals surface area contributed by atoms with Crippen LogP contribution in [0.15, 0.2) is 5.10 Å². The zero-order valence-electron chi connectivity index (χ0n) is 8.15. The molecule has 0 N–H and O–H groups in total. The topological polar surface area (TPSA) is 24.8 Å². The zero-order valence-corrected chi connectivity index (χ0v) is 9.04. The molecule has 0 aromatic carbocycles. The van der Waals surface area contributed by atoms with Gasteiger partial charge in [0.15, 0.2) is 6.40 Å². The lowest BCUT2D eigenvalue weighted by Gasteiger charge is -2.16. The molecule has 0 aromatic rings. The first-order valence-corrected chi connectivity index (χ1v) is 5.49. The molecule has 0 bridgehead atoms. The van der Waals surface area contributed by atoms with E-state index in [0.717, 1.165) is 6.54 Å². The van der Waals surface area contributed by atoms with Gasteiger partial charge in [0.2, 0.25) is 5.56 Å². The largest absolute Gasteiger partial charge is 0.448 e. The van der Waals surface area contributed by atoms with Crippen LogP contribution in [0, 0.1) is 0 Å². The minimum atomic E-state index is -0.161. The van der Waals surface area contributed by atoms with Crippen LogP contribution in [-0.2, 0) is 4.74 Å². The highest BCUT2D eigenvalue weighted by Gasteiger charge is 2.16. The van der Waals surface area contributed by atoms with Crippen molar-refractivity contribution in [2.45, 2.75) is 44.6 Å². The summed E-state index contributed by atoms with van der Waals surface area (Å²) in [6.07, 6.45) is 7.87. The van der Waals surface area contributed by atoms with Crippen molar-refractivity contribution in [2.75, 3.05) is 6.54 Å². The van der Waals surface area contributed by atoms with Crippen LogP contribution in [0.5, 0.6) is 0 Å². The Labute approximate surface area is 85.5 Å². The van der Waals surface area contributed by atoms with Gasteiger partial charge in [0.1, 0.15) is 0 Å². The van der Waals surface area contributed by atoms with Gasteiger partial charge in [-0.25, -0.2) is 5.01 Å². The van der Waals surface area contributed by atoms with Crippen LogP contribution in [0.4, 0.5) is 0 Å². The van der Waals surface area contributed by atoms with Crippen molar-refractivity contribution in [3.8, 4) is 0 Å². The Morgan fingerprint density at radius 1 is 1.38 bits per heavy atom. The summed E-state index contributed by atoms with van der Waals surface area (Å²) < 4.78 is 5.04. The molecular weight excluding hydrogens is 184 g/mol. The molecule has 1 unspecified atom stereocenters. The fraction of sp³-hybridized carbons (Fsp3) is 0.889. The predicted molar refractivity (Wildman–Crippen MR) is 57.8 cm³/mol. The highest BCUT2D eigenvalue weighted by atomic mass is 32.1. The molecule has 1 rings (SSSR count). The number of hydrogen-bond donors (Lipinski definition) is 1. The lowest BCUT2D eigenvalue weighted by molar-refractivity contribution is 0.138. The quantitative estimate of drug-likeness (QED) is 0.528. The fourth-order valence-corrected chi connectivity index (χ4v) is 1.54. The van der Waals surface area contributed by atoms with E-state index in [9.17, 15) is 0 Å². The van der Waals surface area contributed by atoms with Gasteiger partial charge in [0.25, 0.3) is 0 Å². The molecule has 0 spiro atoms. The second kappa shape index (κ2) is 6.13. The van der Waals surface area contributed by atoms with Gasteiger partial charge < -0.3 is 4.74 Å². The number of hydrogen-bond acceptors (Lipinski definition) is 4. The van der Waals surface area contributed by atoms with Gasteiger partial charge in [-0.1, -0.05) is 32.6 Å². The molecule has 1 aliphatic heterocycles. The Hall–Kier alpha value is -0.380. The maximum atomic E-state index is 5.04. The fourth-order valence-electron chi connectivity index (χ4n) is 1.32. The molecule has 1 atom stereocenters. The summed E-state index contributed by atoms with van der Waals surface area (Å²) in [6.45, 7) is 3.18. The number of thiol groups is 1. The van der Waals surface area contributed by atoms with E-state index in [1.807, 2.05) is 5.01 Å². The highest BCUT2D eigenvalue weighted by Crippen LogP contribution is 2.13. The number of hydrazone groups is 1. The van der Waals surface area contributed by atoms with Gasteiger partial charge in [-0.15, -0.1) is 17.7 Å². The molecule has 1 heterocycles. The monoisotopic (exact) mass is 202 g/mol. The molecule has 0 saturated carbocycles. The first kappa shape index (κ1) is 10.7. The third-order valence-electron chi connectivity index (χ3n) is 2.12. The molecule has 0 aromatic heterocycles. The third kappa shape index (κ3) is 3.89. The lowest BCUT2D eigenvalue weighted by Crippen LogP contribution is -2.23. The number of nitrogens with zero attached hydrogens (tertiary/aromatic N) is 2. The van der Waals surface area contributed by atoms with E-state index in [1.165, 1.54) is 38.5 Å². The Morgan fingerprint density at radius 2 is 2.15 bits per heavy atom. The molecule has 3 nitrogen and oxygen atoms in total. The molecule has 1 aliphatic rings. The summed E-state index contributed by atoms with van der Waals surface area (Å²) in [6, 6.07) is 0. The molecule has 0 fully saturated rings. The van der Waals surface area contributed by atoms with Crippen molar-refractivity contribution < 1.29 is 4.74 Å². The minimum Gasteiger partial charge on any atom is -0.448 e. The first-order valence-electron chi connectivity index (χ1n) is 4.97. The Bertz CT molecular complexity index is 164. The second-order valence-electron chi connectivity index (χ2n) is 3.26. The third-order valence-corrected chi connectivity index (χ3v) is 2.51. The molecule has 0 radical (unpaired) electrons. The minimum absolute atomic E-state index is 0.161. The van der Waals surface area contributed by atoms with Crippen LogP contribution in [0.1, 0.15) is 39.0 Å². The maximum Gasteiger partial charge on any atom is 0.234 e. The smallest absolute Gasteiger partial charge is 0.234 e. The maximum absolute atomic E-state index is 5.04. The molecule has 13 heavy (non-hydrogen) atoms. The first-order chi connectivity index (χ1) is 6.34. The summed E-state index contributed by atoms with van der Waals surface area (Å²) in [7, 11) is 0. The SMILES string of the molecule is CCCCCCCN1N=COC1S. The van der Waals surface area contributed by atoms with E-state index < -0.39 is 0 Å². The van der Waals surface area contributed by atoms with Crippen molar-refractivity contribution in [2.24, 2.45) is 5.10 Å². The average Bonchev–Trinajstić information content (AvgIpc) is 2.52. The van der Waals surface area contributed by atoms with Crippen molar-refractivity contribution in [1.82, 2.24) is 5.01 Å². The number of unbranched alkanes of at least 4 members (excludes halogenated alkanes) is 4. The molecule has 0 saturated heterocycles. The van der Waals surface area contributed by atoms with Crippen molar-refractivity contribution in [3.63, 3.8) is 0 Å². The molecule has 76 valence electrons. The molecule has 0 aliphatic carbocycles. The average molecular weight is 202 g/mol. The van der Waals surface area contributed by atoms with Gasteiger partial charge >= 0.3 is 0 Å². The van der Waals surface area contributed by atoms with Gasteiger partial charge in [-0.05, 0) is 6.42 Å². The van der Waals surface area contributed by atoms with Crippen molar-refractivity contribution in [1.29, 1.82) is 0 Å². The van der Waals surface area contributed by atoms with E-state index >= 15 is 0 Å². The summed E-state index contributed by atoms with van der Waals surface area (Å²) >= 11 is 4.21. The van der Waals surface area contributed by atoms with E-state index in [1.54, 1.807) is 0 Å². The Morgan fingerprint density at radius 3 is 2.77 bits per heavy atom. The molecule has 0 amide bonds. The number of ether oxygens (including phenoxy) is 1. The van der Waals surface area contributed by atoms with Crippen molar-refractivity contribution >= 4 is 19.0 Å². The van der Waals surface area contributed by atoms with E-state index in [0.29, 0.717) is 0 Å². The Balaban J connectivity index is 1.96. The summed E-state index contributed by atoms with van der Waals surface area (Å²) in [5.74, 6) is 0. The normalized spacial score (nSPS) is 20.8. The van der Waals surface area contributed by atoms with Crippen LogP contribution in [0.25, 0.3) is 0 Å². The van der Waals surface area contributed by atoms with Gasteiger partial charge in [0, 0.05) is 6.54 Å². The van der Waals surface area contributed by atoms with Crippen LogP contribution in [-0.4, -0.2) is 23.5 Å².